The van der Waals surface area contributed by atoms with Gasteiger partial charge in [-0.05, 0) is 6.07 Å². The van der Waals surface area contributed by atoms with Crippen molar-refractivity contribution in [3.63, 3.8) is 0 Å². The molecule has 0 fully saturated rings. The number of carboxylic acids is 1. The fourth-order valence-electron chi connectivity index (χ4n) is 1.14. The summed E-state index contributed by atoms with van der Waals surface area (Å²) in [5, 5.41) is 12.6. The van der Waals surface area contributed by atoms with Crippen LogP contribution in [-0.2, 0) is 17.9 Å². The van der Waals surface area contributed by atoms with Crippen molar-refractivity contribution in [1.82, 2.24) is 9.78 Å². The molecule has 0 spiro atoms. The Morgan fingerprint density at radius 3 is 3.25 bits per heavy atom. The van der Waals surface area contributed by atoms with Crippen LogP contribution >= 0.6 is 0 Å². The highest BCUT2D eigenvalue weighted by Gasteiger charge is 2.16. The van der Waals surface area contributed by atoms with Crippen LogP contribution in [0, 0.1) is 0 Å². The zero-order valence-corrected chi connectivity index (χ0v) is 6.27. The smallest absolute Gasteiger partial charge is 0.351 e. The van der Waals surface area contributed by atoms with Crippen molar-refractivity contribution in [3.05, 3.63) is 18.0 Å². The SMILES string of the molecule is O=C(O)C1=NCc2ccnn2C1. The monoisotopic (exact) mass is 165 g/mol. The molecule has 0 atom stereocenters. The highest BCUT2D eigenvalue weighted by Crippen LogP contribution is 2.07. The molecule has 1 aliphatic heterocycles. The Kier molecular flexibility index (Phi) is 1.43. The molecule has 1 aliphatic rings. The van der Waals surface area contributed by atoms with Gasteiger partial charge in [-0.15, -0.1) is 0 Å². The van der Waals surface area contributed by atoms with Gasteiger partial charge in [0, 0.05) is 6.20 Å². The third-order valence-electron chi connectivity index (χ3n) is 1.78. The van der Waals surface area contributed by atoms with Gasteiger partial charge in [0.2, 0.25) is 0 Å². The molecule has 5 nitrogen and oxygen atoms in total. The molecule has 12 heavy (non-hydrogen) atoms. The van der Waals surface area contributed by atoms with E-state index < -0.39 is 5.97 Å². The molecule has 0 saturated carbocycles. The quantitative estimate of drug-likeness (QED) is 0.633. The molecule has 0 aliphatic carbocycles. The lowest BCUT2D eigenvalue weighted by Gasteiger charge is -2.10. The minimum Gasteiger partial charge on any atom is -0.477 e. The largest absolute Gasteiger partial charge is 0.477 e. The number of nitrogens with zero attached hydrogens (tertiary/aromatic N) is 3. The molecule has 0 unspecified atom stereocenters. The number of hydrogen-bond acceptors (Lipinski definition) is 3. The lowest BCUT2D eigenvalue weighted by atomic mass is 10.3. The molecule has 62 valence electrons. The summed E-state index contributed by atoms with van der Waals surface area (Å²) in [5.41, 5.74) is 1.13. The first kappa shape index (κ1) is 7.02. The highest BCUT2D eigenvalue weighted by atomic mass is 16.4. The van der Waals surface area contributed by atoms with Gasteiger partial charge in [0.25, 0.3) is 0 Å². The average molecular weight is 165 g/mol. The van der Waals surface area contributed by atoms with Crippen molar-refractivity contribution in [2.75, 3.05) is 0 Å². The molecule has 1 N–H and O–H groups in total. The number of aromatic nitrogens is 2. The normalized spacial score (nSPS) is 15.2. The third-order valence-corrected chi connectivity index (χ3v) is 1.78. The zero-order valence-electron chi connectivity index (χ0n) is 6.27. The van der Waals surface area contributed by atoms with Crippen molar-refractivity contribution >= 4 is 11.7 Å². The van der Waals surface area contributed by atoms with E-state index in [0.717, 1.165) is 5.69 Å². The standard InChI is InChI=1S/C7H7N3O2/c11-7(12)6-4-10-5(3-8-6)1-2-9-10/h1-2H,3-4H2,(H,11,12). The topological polar surface area (TPSA) is 67.5 Å². The van der Waals surface area contributed by atoms with E-state index in [9.17, 15) is 4.79 Å². The highest BCUT2D eigenvalue weighted by molar-refractivity contribution is 6.35. The minimum absolute atomic E-state index is 0.172. The first-order chi connectivity index (χ1) is 5.77. The lowest BCUT2D eigenvalue weighted by Crippen LogP contribution is -2.25. The Morgan fingerprint density at radius 1 is 1.67 bits per heavy atom. The van der Waals surface area contributed by atoms with Crippen molar-refractivity contribution in [2.24, 2.45) is 4.99 Å². The maximum absolute atomic E-state index is 10.5. The molecular weight excluding hydrogens is 158 g/mol. The van der Waals surface area contributed by atoms with E-state index in [1.165, 1.54) is 0 Å². The number of fused-ring (bicyclic) bond motifs is 1. The average Bonchev–Trinajstić information content (AvgIpc) is 2.49. The molecule has 1 aromatic rings. The fraction of sp³-hybridized carbons (Fsp3) is 0.286. The summed E-state index contributed by atoms with van der Waals surface area (Å²) >= 11 is 0. The van der Waals surface area contributed by atoms with Gasteiger partial charge >= 0.3 is 5.97 Å². The van der Waals surface area contributed by atoms with E-state index >= 15 is 0 Å². The number of hydrogen-bond donors (Lipinski definition) is 1. The molecular formula is C7H7N3O2. The van der Waals surface area contributed by atoms with Crippen molar-refractivity contribution < 1.29 is 9.90 Å². The summed E-state index contributed by atoms with van der Waals surface area (Å²) in [6, 6.07) is 1.84. The molecule has 2 heterocycles. The van der Waals surface area contributed by atoms with Crippen LogP contribution in [0.4, 0.5) is 0 Å². The van der Waals surface area contributed by atoms with Crippen LogP contribution in [0.1, 0.15) is 5.69 Å². The van der Waals surface area contributed by atoms with Crippen molar-refractivity contribution in [3.8, 4) is 0 Å². The summed E-state index contributed by atoms with van der Waals surface area (Å²) in [6.07, 6.45) is 1.65. The summed E-state index contributed by atoms with van der Waals surface area (Å²) < 4.78 is 1.65. The summed E-state index contributed by atoms with van der Waals surface area (Å²) in [7, 11) is 0. The second kappa shape index (κ2) is 2.44. The zero-order chi connectivity index (χ0) is 8.55. The van der Waals surface area contributed by atoms with Gasteiger partial charge in [-0.1, -0.05) is 0 Å². The molecule has 0 amide bonds. The summed E-state index contributed by atoms with van der Waals surface area (Å²) in [5.74, 6) is -0.962. The predicted molar refractivity (Wildman–Crippen MR) is 41.0 cm³/mol. The number of aliphatic imine (C=N–C) groups is 1. The van der Waals surface area contributed by atoms with Crippen molar-refractivity contribution in [2.45, 2.75) is 13.1 Å². The summed E-state index contributed by atoms with van der Waals surface area (Å²) in [6.45, 7) is 0.694. The minimum atomic E-state index is -0.962. The summed E-state index contributed by atoms with van der Waals surface area (Å²) in [4.78, 5) is 14.4. The number of carboxylic acid groups (broad SMARTS) is 1. The van der Waals surface area contributed by atoms with E-state index in [1.807, 2.05) is 6.07 Å². The molecule has 0 radical (unpaired) electrons. The van der Waals surface area contributed by atoms with Crippen LogP contribution in [0.5, 0.6) is 0 Å². The predicted octanol–water partition coefficient (Wildman–Crippen LogP) is -0.0777. The lowest BCUT2D eigenvalue weighted by molar-refractivity contribution is -0.129. The van der Waals surface area contributed by atoms with E-state index in [0.29, 0.717) is 6.54 Å². The van der Waals surface area contributed by atoms with Crippen molar-refractivity contribution in [1.29, 1.82) is 0 Å². The molecule has 2 rings (SSSR count). The number of rotatable bonds is 1. The second-order valence-corrected chi connectivity index (χ2v) is 2.55. The molecule has 1 aromatic heterocycles. The first-order valence-electron chi connectivity index (χ1n) is 3.54. The van der Waals surface area contributed by atoms with Gasteiger partial charge in [0.15, 0.2) is 0 Å². The number of carbonyl (C=O) groups is 1. The molecule has 0 saturated heterocycles. The van der Waals surface area contributed by atoms with E-state index in [1.54, 1.807) is 10.9 Å². The Bertz CT molecular complexity index is 353. The maximum Gasteiger partial charge on any atom is 0.351 e. The Balaban J connectivity index is 2.29. The van der Waals surface area contributed by atoms with Gasteiger partial charge < -0.3 is 5.11 Å². The molecule has 0 bridgehead atoms. The van der Waals surface area contributed by atoms with Crippen LogP contribution in [0.3, 0.4) is 0 Å². The van der Waals surface area contributed by atoms with Crippen LogP contribution in [0.25, 0.3) is 0 Å². The van der Waals surface area contributed by atoms with Gasteiger partial charge in [-0.25, -0.2) is 4.79 Å². The van der Waals surface area contributed by atoms with E-state index in [2.05, 4.69) is 10.1 Å². The van der Waals surface area contributed by atoms with Crippen LogP contribution in [0.15, 0.2) is 17.3 Å². The van der Waals surface area contributed by atoms with E-state index in [-0.39, 0.29) is 12.3 Å². The molecule has 5 heteroatoms. The second-order valence-electron chi connectivity index (χ2n) is 2.55. The van der Waals surface area contributed by atoms with Crippen LogP contribution < -0.4 is 0 Å². The Hall–Kier alpha value is -1.65. The van der Waals surface area contributed by atoms with Gasteiger partial charge in [-0.3, -0.25) is 9.67 Å². The maximum atomic E-state index is 10.5. The fourth-order valence-corrected chi connectivity index (χ4v) is 1.14. The first-order valence-corrected chi connectivity index (χ1v) is 3.54. The van der Waals surface area contributed by atoms with Gasteiger partial charge in [-0.2, -0.15) is 5.10 Å². The van der Waals surface area contributed by atoms with Gasteiger partial charge in [0.1, 0.15) is 5.71 Å². The van der Waals surface area contributed by atoms with Gasteiger partial charge in [0.05, 0.1) is 18.8 Å². The third kappa shape index (κ3) is 0.990. The Morgan fingerprint density at radius 2 is 2.50 bits per heavy atom. The van der Waals surface area contributed by atoms with Crippen LogP contribution in [-0.4, -0.2) is 26.6 Å². The number of aliphatic carboxylic acids is 1. The van der Waals surface area contributed by atoms with Crippen LogP contribution in [0.2, 0.25) is 0 Å². The Labute approximate surface area is 68.3 Å². The molecule has 0 aromatic carbocycles. The van der Waals surface area contributed by atoms with E-state index in [4.69, 9.17) is 5.11 Å².